The lowest BCUT2D eigenvalue weighted by Crippen LogP contribution is -2.28. The maximum Gasteiger partial charge on any atom is 0.148 e. The zero-order valence-corrected chi connectivity index (χ0v) is 7.65. The second kappa shape index (κ2) is 3.58. The molecule has 0 radical (unpaired) electrons. The predicted molar refractivity (Wildman–Crippen MR) is 55.6 cm³/mol. The van der Waals surface area contributed by atoms with Crippen molar-refractivity contribution in [1.29, 1.82) is 0 Å². The molecule has 2 rings (SSSR count). The molecule has 4 heteroatoms. The van der Waals surface area contributed by atoms with Crippen LogP contribution in [0.25, 0.3) is 0 Å². The third-order valence-electron chi connectivity index (χ3n) is 1.75. The van der Waals surface area contributed by atoms with Crippen molar-refractivity contribution in [3.63, 3.8) is 0 Å². The van der Waals surface area contributed by atoms with Gasteiger partial charge in [0.1, 0.15) is 11.5 Å². The third kappa shape index (κ3) is 1.87. The van der Waals surface area contributed by atoms with Gasteiger partial charge in [0.25, 0.3) is 0 Å². The Morgan fingerprint density at radius 1 is 1.23 bits per heavy atom. The maximum atomic E-state index is 5.76. The van der Waals surface area contributed by atoms with E-state index in [4.69, 9.17) is 11.6 Å². The van der Waals surface area contributed by atoms with Crippen molar-refractivity contribution in [2.24, 2.45) is 10.2 Å². The molecule has 0 atom stereocenters. The van der Waals surface area contributed by atoms with Gasteiger partial charge >= 0.3 is 0 Å². The van der Waals surface area contributed by atoms with Crippen LogP contribution in [0.1, 0.15) is 0 Å². The maximum absolute atomic E-state index is 5.76. The fourth-order valence-corrected chi connectivity index (χ4v) is 1.31. The zero-order chi connectivity index (χ0) is 9.10. The minimum atomic E-state index is 0.506. The molecular formula is C9H8ClN3. The number of benzene rings is 1. The van der Waals surface area contributed by atoms with Crippen molar-refractivity contribution >= 4 is 28.8 Å². The van der Waals surface area contributed by atoms with Crippen molar-refractivity contribution in [3.05, 3.63) is 30.3 Å². The Labute approximate surface area is 81.3 Å². The van der Waals surface area contributed by atoms with E-state index in [0.717, 1.165) is 5.69 Å². The van der Waals surface area contributed by atoms with Crippen LogP contribution >= 0.6 is 11.6 Å². The molecule has 0 bridgehead atoms. The van der Waals surface area contributed by atoms with Gasteiger partial charge in [-0.25, -0.2) is 0 Å². The monoisotopic (exact) mass is 193 g/mol. The molecule has 1 heterocycles. The Hall–Kier alpha value is -1.35. The molecule has 1 aromatic rings. The van der Waals surface area contributed by atoms with Gasteiger partial charge in [-0.05, 0) is 12.1 Å². The summed E-state index contributed by atoms with van der Waals surface area (Å²) in [5.41, 5.74) is 1.07. The summed E-state index contributed by atoms with van der Waals surface area (Å²) in [4.78, 5) is 1.94. The second-order valence-corrected chi connectivity index (χ2v) is 3.11. The first-order chi connectivity index (χ1) is 6.36. The summed E-state index contributed by atoms with van der Waals surface area (Å²) in [5, 5.41) is 7.99. The van der Waals surface area contributed by atoms with Crippen molar-refractivity contribution in [2.45, 2.75) is 0 Å². The second-order valence-electron chi connectivity index (χ2n) is 2.67. The van der Waals surface area contributed by atoms with Gasteiger partial charge in [0.2, 0.25) is 0 Å². The van der Waals surface area contributed by atoms with Gasteiger partial charge in [0, 0.05) is 5.69 Å². The lowest BCUT2D eigenvalue weighted by molar-refractivity contribution is 1.11. The highest BCUT2D eigenvalue weighted by Crippen LogP contribution is 2.13. The van der Waals surface area contributed by atoms with E-state index in [1.165, 1.54) is 0 Å². The Morgan fingerprint density at radius 3 is 2.69 bits per heavy atom. The Bertz CT molecular complexity index is 345. The molecule has 1 aromatic carbocycles. The van der Waals surface area contributed by atoms with Gasteiger partial charge in [0.15, 0.2) is 0 Å². The van der Waals surface area contributed by atoms with E-state index in [1.807, 2.05) is 35.2 Å². The van der Waals surface area contributed by atoms with Crippen LogP contribution in [0.5, 0.6) is 0 Å². The lowest BCUT2D eigenvalue weighted by atomic mass is 10.3. The summed E-state index contributed by atoms with van der Waals surface area (Å²) in [7, 11) is 0. The van der Waals surface area contributed by atoms with Crippen molar-refractivity contribution < 1.29 is 0 Å². The number of para-hydroxylation sites is 1. The summed E-state index contributed by atoms with van der Waals surface area (Å²) < 4.78 is 0. The normalized spacial score (nSPS) is 15.8. The molecule has 0 saturated heterocycles. The van der Waals surface area contributed by atoms with Crippen LogP contribution in [0.4, 0.5) is 5.69 Å². The van der Waals surface area contributed by atoms with Crippen LogP contribution in [0.3, 0.4) is 0 Å². The van der Waals surface area contributed by atoms with Crippen LogP contribution in [-0.2, 0) is 0 Å². The van der Waals surface area contributed by atoms with Crippen molar-refractivity contribution in [2.75, 3.05) is 11.4 Å². The highest BCUT2D eigenvalue weighted by atomic mass is 35.5. The highest BCUT2D eigenvalue weighted by molar-refractivity contribution is 6.66. The average molecular weight is 194 g/mol. The van der Waals surface area contributed by atoms with Gasteiger partial charge in [-0.1, -0.05) is 29.8 Å². The standard InChI is InChI=1S/C9H8ClN3/c10-9-6-13(7-11-12-9)8-4-2-1-3-5-8/h1-5,7H,6H2. The average Bonchev–Trinajstić information content (AvgIpc) is 2.19. The van der Waals surface area contributed by atoms with Crippen LogP contribution in [0.15, 0.2) is 40.5 Å². The lowest BCUT2D eigenvalue weighted by Gasteiger charge is -2.19. The largest absolute Gasteiger partial charge is 0.324 e. The first-order valence-electron chi connectivity index (χ1n) is 3.93. The predicted octanol–water partition coefficient (Wildman–Crippen LogP) is 2.09. The molecule has 0 aliphatic carbocycles. The van der Waals surface area contributed by atoms with E-state index in [1.54, 1.807) is 6.34 Å². The number of rotatable bonds is 1. The molecule has 0 spiro atoms. The van der Waals surface area contributed by atoms with Crippen molar-refractivity contribution in [1.82, 2.24) is 0 Å². The number of anilines is 1. The van der Waals surface area contributed by atoms with E-state index in [9.17, 15) is 0 Å². The number of hydrogen-bond donors (Lipinski definition) is 0. The van der Waals surface area contributed by atoms with Crippen LogP contribution in [0.2, 0.25) is 0 Å². The molecule has 1 aliphatic rings. The number of nitrogens with zero attached hydrogens (tertiary/aromatic N) is 3. The topological polar surface area (TPSA) is 28.0 Å². The molecule has 66 valence electrons. The first kappa shape index (κ1) is 8.26. The smallest absolute Gasteiger partial charge is 0.148 e. The first-order valence-corrected chi connectivity index (χ1v) is 4.31. The summed E-state index contributed by atoms with van der Waals surface area (Å²) in [5.74, 6) is 0. The molecule has 13 heavy (non-hydrogen) atoms. The molecule has 0 saturated carbocycles. The van der Waals surface area contributed by atoms with E-state index >= 15 is 0 Å². The molecule has 3 nitrogen and oxygen atoms in total. The Kier molecular flexibility index (Phi) is 2.27. The van der Waals surface area contributed by atoms with E-state index in [2.05, 4.69) is 10.2 Å². The Balaban J connectivity index is 2.21. The molecule has 0 amide bonds. The fourth-order valence-electron chi connectivity index (χ4n) is 1.14. The summed E-state index contributed by atoms with van der Waals surface area (Å²) in [6, 6.07) is 9.93. The summed E-state index contributed by atoms with van der Waals surface area (Å²) in [6.45, 7) is 0.592. The molecule has 0 fully saturated rings. The minimum absolute atomic E-state index is 0.506. The highest BCUT2D eigenvalue weighted by Gasteiger charge is 2.08. The molecule has 0 unspecified atom stereocenters. The van der Waals surface area contributed by atoms with Gasteiger partial charge in [-0.3, -0.25) is 0 Å². The molecular weight excluding hydrogens is 186 g/mol. The summed E-state index contributed by atoms with van der Waals surface area (Å²) >= 11 is 5.76. The van der Waals surface area contributed by atoms with Crippen molar-refractivity contribution in [3.8, 4) is 0 Å². The fraction of sp³-hybridized carbons (Fsp3) is 0.111. The zero-order valence-electron chi connectivity index (χ0n) is 6.89. The number of halogens is 1. The summed E-state index contributed by atoms with van der Waals surface area (Å²) in [6.07, 6.45) is 1.67. The van der Waals surface area contributed by atoms with Gasteiger partial charge < -0.3 is 4.90 Å². The van der Waals surface area contributed by atoms with E-state index < -0.39 is 0 Å². The minimum Gasteiger partial charge on any atom is -0.324 e. The van der Waals surface area contributed by atoms with Crippen LogP contribution < -0.4 is 4.90 Å². The Morgan fingerprint density at radius 2 is 2.00 bits per heavy atom. The van der Waals surface area contributed by atoms with Crippen LogP contribution in [0, 0.1) is 0 Å². The molecule has 1 aliphatic heterocycles. The van der Waals surface area contributed by atoms with Gasteiger partial charge in [-0.2, -0.15) is 0 Å². The van der Waals surface area contributed by atoms with Crippen LogP contribution in [-0.4, -0.2) is 18.1 Å². The SMILES string of the molecule is ClC1=NN=CN(c2ccccc2)C1. The quantitative estimate of drug-likeness (QED) is 0.671. The van der Waals surface area contributed by atoms with E-state index in [-0.39, 0.29) is 0 Å². The van der Waals surface area contributed by atoms with Gasteiger partial charge in [0.05, 0.1) is 6.54 Å². The molecule has 0 aromatic heterocycles. The molecule has 0 N–H and O–H groups in total. The number of hydrogen-bond acceptors (Lipinski definition) is 3. The van der Waals surface area contributed by atoms with E-state index in [0.29, 0.717) is 11.7 Å². The van der Waals surface area contributed by atoms with Gasteiger partial charge in [-0.15, -0.1) is 10.2 Å². The third-order valence-corrected chi connectivity index (χ3v) is 1.94.